The van der Waals surface area contributed by atoms with Gasteiger partial charge in [0.1, 0.15) is 5.82 Å². The number of nitriles is 1. The minimum absolute atomic E-state index is 0.0776. The van der Waals surface area contributed by atoms with Crippen LogP contribution in [0.3, 0.4) is 0 Å². The van der Waals surface area contributed by atoms with Crippen LogP contribution in [0, 0.1) is 11.3 Å². The molecule has 6 heteroatoms. The minimum Gasteiger partial charge on any atom is -0.354 e. The Balaban J connectivity index is 2.15. The number of carbonyl (C=O) groups is 1. The van der Waals surface area contributed by atoms with E-state index in [0.717, 1.165) is 23.3 Å². The summed E-state index contributed by atoms with van der Waals surface area (Å²) in [5.74, 6) is 0.858. The van der Waals surface area contributed by atoms with Crippen LogP contribution in [0.4, 0.5) is 0 Å². The van der Waals surface area contributed by atoms with Gasteiger partial charge in [0.05, 0.1) is 34.1 Å². The Kier molecular flexibility index (Phi) is 3.56. The lowest BCUT2D eigenvalue weighted by Gasteiger charge is -2.26. The van der Waals surface area contributed by atoms with Crippen molar-refractivity contribution in [2.75, 3.05) is 6.54 Å². The number of aromatic nitrogens is 2. The number of fused-ring (bicyclic) bond motifs is 1. The van der Waals surface area contributed by atoms with Gasteiger partial charge in [0.25, 0.3) is 0 Å². The molecule has 2 atom stereocenters. The standard InChI is InChI=1S/C15H15ClN4O/c1-9(16)15-19-12-4-2-10(7-17)6-13(12)20(15)11-3-5-14(21)18-8-11/h2,4,6,9,11H,3,5,8H2,1H3,(H,18,21). The number of halogens is 1. The molecule has 1 saturated heterocycles. The van der Waals surface area contributed by atoms with E-state index < -0.39 is 0 Å². The summed E-state index contributed by atoms with van der Waals surface area (Å²) in [7, 11) is 0. The zero-order chi connectivity index (χ0) is 15.0. The SMILES string of the molecule is CC(Cl)c1nc2ccc(C#N)cc2n1C1CCC(=O)NC1. The molecule has 2 aromatic rings. The molecule has 1 fully saturated rings. The maximum atomic E-state index is 11.4. The van der Waals surface area contributed by atoms with E-state index in [1.165, 1.54) is 0 Å². The Morgan fingerprint density at radius 1 is 1.57 bits per heavy atom. The number of piperidine rings is 1. The van der Waals surface area contributed by atoms with Crippen molar-refractivity contribution in [1.82, 2.24) is 14.9 Å². The number of benzene rings is 1. The van der Waals surface area contributed by atoms with Gasteiger partial charge in [-0.05, 0) is 31.5 Å². The molecule has 1 aromatic heterocycles. The van der Waals surface area contributed by atoms with Gasteiger partial charge in [0, 0.05) is 13.0 Å². The van der Waals surface area contributed by atoms with Crippen LogP contribution in [0.5, 0.6) is 0 Å². The van der Waals surface area contributed by atoms with Crippen LogP contribution in [0.15, 0.2) is 18.2 Å². The third kappa shape index (κ3) is 2.47. The first-order valence-electron chi connectivity index (χ1n) is 6.93. The van der Waals surface area contributed by atoms with Crippen molar-refractivity contribution in [1.29, 1.82) is 5.26 Å². The van der Waals surface area contributed by atoms with Gasteiger partial charge >= 0.3 is 0 Å². The number of imidazole rings is 1. The number of hydrogen-bond donors (Lipinski definition) is 1. The molecule has 0 radical (unpaired) electrons. The fraction of sp³-hybridized carbons (Fsp3) is 0.400. The van der Waals surface area contributed by atoms with E-state index in [9.17, 15) is 4.79 Å². The molecule has 2 unspecified atom stereocenters. The summed E-state index contributed by atoms with van der Waals surface area (Å²) in [6, 6.07) is 7.71. The molecule has 21 heavy (non-hydrogen) atoms. The van der Waals surface area contributed by atoms with E-state index in [0.29, 0.717) is 18.5 Å². The van der Waals surface area contributed by atoms with Crippen LogP contribution in [-0.2, 0) is 4.79 Å². The number of carbonyl (C=O) groups excluding carboxylic acids is 1. The second-order valence-corrected chi connectivity index (χ2v) is 5.92. The highest BCUT2D eigenvalue weighted by Crippen LogP contribution is 2.31. The fourth-order valence-corrected chi connectivity index (χ4v) is 2.94. The Hall–Kier alpha value is -2.06. The number of hydrogen-bond acceptors (Lipinski definition) is 3. The number of nitrogens with one attached hydrogen (secondary N) is 1. The van der Waals surface area contributed by atoms with Gasteiger partial charge in [-0.1, -0.05) is 0 Å². The van der Waals surface area contributed by atoms with Crippen molar-refractivity contribution < 1.29 is 4.79 Å². The summed E-state index contributed by atoms with van der Waals surface area (Å²) in [6.45, 7) is 2.45. The third-order valence-corrected chi connectivity index (χ3v) is 4.00. The van der Waals surface area contributed by atoms with Crippen LogP contribution in [0.2, 0.25) is 0 Å². The van der Waals surface area contributed by atoms with Gasteiger partial charge in [-0.15, -0.1) is 11.6 Å². The van der Waals surface area contributed by atoms with E-state index in [1.807, 2.05) is 19.1 Å². The van der Waals surface area contributed by atoms with Gasteiger partial charge in [0.15, 0.2) is 0 Å². The molecule has 0 saturated carbocycles. The first-order valence-corrected chi connectivity index (χ1v) is 7.36. The third-order valence-electron chi connectivity index (χ3n) is 3.81. The van der Waals surface area contributed by atoms with Crippen molar-refractivity contribution >= 4 is 28.5 Å². The van der Waals surface area contributed by atoms with Gasteiger partial charge in [-0.3, -0.25) is 4.79 Å². The number of nitrogens with zero attached hydrogens (tertiary/aromatic N) is 3. The van der Waals surface area contributed by atoms with Crippen molar-refractivity contribution in [3.8, 4) is 6.07 Å². The topological polar surface area (TPSA) is 70.7 Å². The summed E-state index contributed by atoms with van der Waals surface area (Å²) in [5.41, 5.74) is 2.32. The summed E-state index contributed by atoms with van der Waals surface area (Å²) >= 11 is 6.27. The molecule has 0 bridgehead atoms. The Morgan fingerprint density at radius 2 is 2.38 bits per heavy atom. The normalized spacial score (nSPS) is 20.0. The van der Waals surface area contributed by atoms with E-state index in [-0.39, 0.29) is 17.3 Å². The van der Waals surface area contributed by atoms with E-state index in [1.54, 1.807) is 6.07 Å². The van der Waals surface area contributed by atoms with Gasteiger partial charge in [-0.25, -0.2) is 4.98 Å². The molecule has 0 aliphatic carbocycles. The molecule has 5 nitrogen and oxygen atoms in total. The summed E-state index contributed by atoms with van der Waals surface area (Å²) in [5, 5.41) is 11.7. The van der Waals surface area contributed by atoms with Crippen LogP contribution in [0.1, 0.15) is 42.6 Å². The first kappa shape index (κ1) is 13.9. The molecule has 1 aliphatic heterocycles. The molecule has 1 N–H and O–H groups in total. The summed E-state index contributed by atoms with van der Waals surface area (Å²) in [6.07, 6.45) is 1.25. The van der Waals surface area contributed by atoms with E-state index >= 15 is 0 Å². The highest BCUT2D eigenvalue weighted by Gasteiger charge is 2.25. The Labute approximate surface area is 127 Å². The average Bonchev–Trinajstić information content (AvgIpc) is 2.86. The zero-order valence-corrected chi connectivity index (χ0v) is 12.4. The van der Waals surface area contributed by atoms with Crippen molar-refractivity contribution in [2.45, 2.75) is 31.2 Å². The number of alkyl halides is 1. The van der Waals surface area contributed by atoms with Crippen molar-refractivity contribution in [3.05, 3.63) is 29.6 Å². The maximum Gasteiger partial charge on any atom is 0.220 e. The van der Waals surface area contributed by atoms with Gasteiger partial charge in [0.2, 0.25) is 5.91 Å². The van der Waals surface area contributed by atoms with Crippen molar-refractivity contribution in [3.63, 3.8) is 0 Å². The maximum absolute atomic E-state index is 11.4. The molecule has 1 aromatic carbocycles. The Morgan fingerprint density at radius 3 is 3.00 bits per heavy atom. The molecule has 3 rings (SSSR count). The minimum atomic E-state index is -0.236. The Bertz CT molecular complexity index is 734. The number of rotatable bonds is 2. The second kappa shape index (κ2) is 5.38. The molecular weight excluding hydrogens is 288 g/mol. The lowest BCUT2D eigenvalue weighted by Crippen LogP contribution is -2.36. The zero-order valence-electron chi connectivity index (χ0n) is 11.6. The lowest BCUT2D eigenvalue weighted by atomic mass is 10.1. The average molecular weight is 303 g/mol. The highest BCUT2D eigenvalue weighted by molar-refractivity contribution is 6.20. The fourth-order valence-electron chi connectivity index (χ4n) is 2.79. The summed E-state index contributed by atoms with van der Waals surface area (Å²) in [4.78, 5) is 15.9. The van der Waals surface area contributed by atoms with Crippen LogP contribution in [0.25, 0.3) is 11.0 Å². The quantitative estimate of drug-likeness (QED) is 0.867. The van der Waals surface area contributed by atoms with Crippen LogP contribution in [-0.4, -0.2) is 22.0 Å². The number of amides is 1. The summed E-state index contributed by atoms with van der Waals surface area (Å²) < 4.78 is 2.08. The molecule has 1 amide bonds. The molecule has 2 heterocycles. The monoisotopic (exact) mass is 302 g/mol. The molecule has 0 spiro atoms. The van der Waals surface area contributed by atoms with E-state index in [2.05, 4.69) is 20.9 Å². The molecule has 108 valence electrons. The van der Waals surface area contributed by atoms with Gasteiger partial charge in [-0.2, -0.15) is 5.26 Å². The van der Waals surface area contributed by atoms with Gasteiger partial charge < -0.3 is 9.88 Å². The van der Waals surface area contributed by atoms with Crippen LogP contribution < -0.4 is 5.32 Å². The predicted octanol–water partition coefficient (Wildman–Crippen LogP) is 2.66. The largest absolute Gasteiger partial charge is 0.354 e. The predicted molar refractivity (Wildman–Crippen MR) is 80.0 cm³/mol. The second-order valence-electron chi connectivity index (χ2n) is 5.27. The highest BCUT2D eigenvalue weighted by atomic mass is 35.5. The first-order chi connectivity index (χ1) is 10.1. The molecular formula is C15H15ClN4O. The van der Waals surface area contributed by atoms with E-state index in [4.69, 9.17) is 16.9 Å². The smallest absolute Gasteiger partial charge is 0.220 e. The molecule has 1 aliphatic rings. The van der Waals surface area contributed by atoms with Crippen LogP contribution >= 0.6 is 11.6 Å². The van der Waals surface area contributed by atoms with Crippen molar-refractivity contribution in [2.24, 2.45) is 0 Å². The lowest BCUT2D eigenvalue weighted by molar-refractivity contribution is -0.122.